The first kappa shape index (κ1) is 23.4. The highest BCUT2D eigenvalue weighted by Crippen LogP contribution is 2.30. The van der Waals surface area contributed by atoms with E-state index in [1.165, 1.54) is 12.7 Å². The molecule has 0 saturated carbocycles. The van der Waals surface area contributed by atoms with Crippen LogP contribution in [-0.2, 0) is 4.74 Å². The van der Waals surface area contributed by atoms with Gasteiger partial charge in [-0.2, -0.15) is 0 Å². The first-order valence-corrected chi connectivity index (χ1v) is 11.1. The van der Waals surface area contributed by atoms with Gasteiger partial charge in [0.2, 0.25) is 0 Å². The van der Waals surface area contributed by atoms with Crippen LogP contribution in [0.5, 0.6) is 11.5 Å². The van der Waals surface area contributed by atoms with Crippen LogP contribution in [0.25, 0.3) is 21.8 Å². The minimum Gasteiger partial charge on any atom is -0.493 e. The second-order valence-electron chi connectivity index (χ2n) is 7.66. The molecule has 0 aliphatic carbocycles. The van der Waals surface area contributed by atoms with E-state index >= 15 is 0 Å². The number of rotatable bonds is 6. The van der Waals surface area contributed by atoms with Gasteiger partial charge >= 0.3 is 0 Å². The number of fused-ring (bicyclic) bond motifs is 2. The van der Waals surface area contributed by atoms with Gasteiger partial charge in [0.05, 0.1) is 61.4 Å². The molecule has 0 unspecified atom stereocenters. The van der Waals surface area contributed by atoms with Crippen molar-refractivity contribution in [3.63, 3.8) is 0 Å². The van der Waals surface area contributed by atoms with E-state index in [1.807, 2.05) is 18.2 Å². The van der Waals surface area contributed by atoms with Crippen LogP contribution in [0.15, 0.2) is 58.6 Å². The maximum Gasteiger partial charge on any atom is 0.258 e. The van der Waals surface area contributed by atoms with Gasteiger partial charge in [0.15, 0.2) is 11.5 Å². The van der Waals surface area contributed by atoms with Crippen LogP contribution in [0.2, 0.25) is 0 Å². The number of nitrogens with one attached hydrogen (secondary N) is 2. The Labute approximate surface area is 195 Å². The predicted octanol–water partition coefficient (Wildman–Crippen LogP) is 1.96. The highest BCUT2D eigenvalue weighted by Gasteiger charge is 2.12. The molecule has 10 heteroatoms. The molecule has 1 fully saturated rings. The third kappa shape index (κ3) is 5.77. The van der Waals surface area contributed by atoms with E-state index in [1.54, 1.807) is 25.3 Å². The zero-order valence-electron chi connectivity index (χ0n) is 19.0. The zero-order chi connectivity index (χ0) is 23.8. The minimum atomic E-state index is -0.184. The lowest BCUT2D eigenvalue weighted by molar-refractivity contribution is 0.0357. The van der Waals surface area contributed by atoms with Crippen molar-refractivity contribution in [3.05, 3.63) is 69.8 Å². The number of hydrogen-bond acceptors (Lipinski definition) is 8. The van der Waals surface area contributed by atoms with Gasteiger partial charge in [-0.3, -0.25) is 14.5 Å². The molecular formula is C24H27N5O5. The number of ether oxygens (including phenoxy) is 3. The Bertz CT molecular complexity index is 1340. The monoisotopic (exact) mass is 465 g/mol. The van der Waals surface area contributed by atoms with Crippen molar-refractivity contribution in [2.24, 2.45) is 0 Å². The van der Waals surface area contributed by atoms with E-state index in [-0.39, 0.29) is 11.1 Å². The van der Waals surface area contributed by atoms with Gasteiger partial charge in [-0.25, -0.2) is 9.97 Å². The summed E-state index contributed by atoms with van der Waals surface area (Å²) in [5.41, 5.74) is 1.05. The molecule has 34 heavy (non-hydrogen) atoms. The van der Waals surface area contributed by atoms with Gasteiger partial charge in [-0.15, -0.1) is 0 Å². The second kappa shape index (κ2) is 11.4. The normalized spacial score (nSPS) is 13.9. The first-order valence-electron chi connectivity index (χ1n) is 11.1. The number of benzene rings is 2. The summed E-state index contributed by atoms with van der Waals surface area (Å²) in [5.74, 6) is 1.16. The van der Waals surface area contributed by atoms with Crippen molar-refractivity contribution >= 4 is 21.8 Å². The molecule has 0 amide bonds. The van der Waals surface area contributed by atoms with E-state index in [0.717, 1.165) is 44.8 Å². The lowest BCUT2D eigenvalue weighted by Crippen LogP contribution is -2.37. The Balaban J connectivity index is 0.000000207. The van der Waals surface area contributed by atoms with Crippen LogP contribution in [0.3, 0.4) is 0 Å². The number of morpholine rings is 1. The van der Waals surface area contributed by atoms with E-state index in [2.05, 4.69) is 24.8 Å². The molecule has 2 aromatic carbocycles. The van der Waals surface area contributed by atoms with Crippen LogP contribution in [0, 0.1) is 0 Å². The highest BCUT2D eigenvalue weighted by atomic mass is 16.5. The van der Waals surface area contributed by atoms with Gasteiger partial charge in [-0.1, -0.05) is 12.1 Å². The molecule has 1 saturated heterocycles. The fourth-order valence-corrected chi connectivity index (χ4v) is 3.66. The summed E-state index contributed by atoms with van der Waals surface area (Å²) < 4.78 is 16.5. The smallest absolute Gasteiger partial charge is 0.258 e. The lowest BCUT2D eigenvalue weighted by atomic mass is 10.2. The van der Waals surface area contributed by atoms with Crippen LogP contribution in [0.1, 0.15) is 6.42 Å². The third-order valence-corrected chi connectivity index (χ3v) is 5.45. The lowest BCUT2D eigenvalue weighted by Gasteiger charge is -2.26. The molecule has 2 N–H and O–H groups in total. The summed E-state index contributed by atoms with van der Waals surface area (Å²) in [6.07, 6.45) is 3.70. The summed E-state index contributed by atoms with van der Waals surface area (Å²) in [5, 5.41) is 1.13. The number of H-pyrrole nitrogens is 2. The second-order valence-corrected chi connectivity index (χ2v) is 7.66. The molecule has 0 atom stereocenters. The molecule has 0 spiro atoms. The quantitative estimate of drug-likeness (QED) is 0.415. The van der Waals surface area contributed by atoms with E-state index in [4.69, 9.17) is 14.2 Å². The largest absolute Gasteiger partial charge is 0.493 e. The van der Waals surface area contributed by atoms with Crippen LogP contribution in [-0.4, -0.2) is 71.4 Å². The minimum absolute atomic E-state index is 0.0874. The number of nitrogens with zero attached hydrogens (tertiary/aromatic N) is 3. The van der Waals surface area contributed by atoms with Crippen LogP contribution < -0.4 is 20.6 Å². The molecule has 10 nitrogen and oxygen atoms in total. The number of aromatic amines is 2. The zero-order valence-corrected chi connectivity index (χ0v) is 19.0. The molecule has 0 bridgehead atoms. The Morgan fingerprint density at radius 3 is 2.38 bits per heavy atom. The number of para-hydroxylation sites is 1. The average molecular weight is 466 g/mol. The molecule has 0 radical (unpaired) electrons. The Kier molecular flexibility index (Phi) is 7.84. The van der Waals surface area contributed by atoms with Crippen molar-refractivity contribution in [1.82, 2.24) is 24.8 Å². The molecule has 5 rings (SSSR count). The van der Waals surface area contributed by atoms with E-state index < -0.39 is 0 Å². The summed E-state index contributed by atoms with van der Waals surface area (Å²) >= 11 is 0. The van der Waals surface area contributed by atoms with Crippen molar-refractivity contribution in [2.75, 3.05) is 46.6 Å². The van der Waals surface area contributed by atoms with Gasteiger partial charge in [0.25, 0.3) is 11.1 Å². The molecule has 1 aliphatic rings. The Hall–Kier alpha value is -3.76. The van der Waals surface area contributed by atoms with Crippen molar-refractivity contribution in [3.8, 4) is 11.5 Å². The van der Waals surface area contributed by atoms with Crippen molar-refractivity contribution < 1.29 is 14.2 Å². The summed E-state index contributed by atoms with van der Waals surface area (Å²) in [6.45, 7) is 5.09. The Morgan fingerprint density at radius 2 is 1.65 bits per heavy atom. The maximum atomic E-state index is 11.9. The number of aromatic nitrogens is 4. The fraction of sp³-hybridized carbons (Fsp3) is 0.333. The summed E-state index contributed by atoms with van der Waals surface area (Å²) in [6, 6.07) is 10.6. The fourth-order valence-electron chi connectivity index (χ4n) is 3.66. The van der Waals surface area contributed by atoms with Crippen molar-refractivity contribution in [2.45, 2.75) is 6.42 Å². The first-order chi connectivity index (χ1) is 16.7. The predicted molar refractivity (Wildman–Crippen MR) is 129 cm³/mol. The number of hydrogen-bond donors (Lipinski definition) is 2. The van der Waals surface area contributed by atoms with Gasteiger partial charge in [-0.05, 0) is 24.6 Å². The van der Waals surface area contributed by atoms with Crippen LogP contribution in [0.4, 0.5) is 0 Å². The standard InChI is InChI=1S/C16H21N3O4.C8H6N2O/c1-21-14-10-13-12(16(20)18-11-17-13)9-15(14)23-6-2-3-19-4-7-22-8-5-19;11-8-6-3-1-2-4-7(6)9-5-10-8/h9-11H,2-8H2,1H3,(H,17,18,20);1-5H,(H,9,10,11). The van der Waals surface area contributed by atoms with E-state index in [9.17, 15) is 9.59 Å². The molecule has 178 valence electrons. The molecule has 3 heterocycles. The third-order valence-electron chi connectivity index (χ3n) is 5.45. The van der Waals surface area contributed by atoms with Crippen LogP contribution >= 0.6 is 0 Å². The molecule has 2 aromatic heterocycles. The maximum absolute atomic E-state index is 11.9. The number of methoxy groups -OCH3 is 1. The molecule has 4 aromatic rings. The topological polar surface area (TPSA) is 122 Å². The van der Waals surface area contributed by atoms with Crippen molar-refractivity contribution in [1.29, 1.82) is 0 Å². The van der Waals surface area contributed by atoms with Gasteiger partial charge < -0.3 is 24.2 Å². The van der Waals surface area contributed by atoms with E-state index in [0.29, 0.717) is 34.4 Å². The molecule has 1 aliphatic heterocycles. The van der Waals surface area contributed by atoms with Gasteiger partial charge in [0, 0.05) is 25.7 Å². The van der Waals surface area contributed by atoms with Gasteiger partial charge in [0.1, 0.15) is 0 Å². The highest BCUT2D eigenvalue weighted by molar-refractivity contribution is 5.81. The average Bonchev–Trinajstić information content (AvgIpc) is 2.88. The molecular weight excluding hydrogens is 438 g/mol. The summed E-state index contributed by atoms with van der Waals surface area (Å²) in [7, 11) is 1.58. The summed E-state index contributed by atoms with van der Waals surface area (Å²) in [4.78, 5) is 38.5. The Morgan fingerprint density at radius 1 is 0.941 bits per heavy atom. The SMILES string of the molecule is COc1cc2nc[nH]c(=O)c2cc1OCCCN1CCOCC1.O=c1[nH]cnc2ccccc12.